The zero-order valence-electron chi connectivity index (χ0n) is 16.6. The molecule has 1 atom stereocenters. The van der Waals surface area contributed by atoms with E-state index in [1.54, 1.807) is 23.0 Å². The van der Waals surface area contributed by atoms with Crippen molar-refractivity contribution < 1.29 is 19.1 Å². The van der Waals surface area contributed by atoms with Crippen molar-refractivity contribution in [2.45, 2.75) is 25.5 Å². The maximum absolute atomic E-state index is 13.0. The molecular formula is C22H26N2O4S. The van der Waals surface area contributed by atoms with E-state index >= 15 is 0 Å². The molecule has 0 radical (unpaired) electrons. The summed E-state index contributed by atoms with van der Waals surface area (Å²) in [6.45, 7) is 2.16. The lowest BCUT2D eigenvalue weighted by Gasteiger charge is -2.25. The highest BCUT2D eigenvalue weighted by atomic mass is 32.1. The molecule has 4 rings (SSSR count). The van der Waals surface area contributed by atoms with Crippen molar-refractivity contribution >= 4 is 23.2 Å². The summed E-state index contributed by atoms with van der Waals surface area (Å²) in [7, 11) is 1.63. The number of nitrogens with zero attached hydrogens (tertiary/aromatic N) is 2. The Labute approximate surface area is 175 Å². The van der Waals surface area contributed by atoms with Crippen LogP contribution in [0.3, 0.4) is 0 Å². The lowest BCUT2D eigenvalue weighted by Crippen LogP contribution is -2.39. The van der Waals surface area contributed by atoms with E-state index in [4.69, 9.17) is 9.47 Å². The van der Waals surface area contributed by atoms with E-state index in [2.05, 4.69) is 0 Å². The zero-order valence-corrected chi connectivity index (χ0v) is 17.4. The second kappa shape index (κ2) is 8.97. The second-order valence-electron chi connectivity index (χ2n) is 7.69. The molecule has 1 aliphatic carbocycles. The Balaban J connectivity index is 1.50. The number of hydrogen-bond acceptors (Lipinski definition) is 5. The highest BCUT2D eigenvalue weighted by Gasteiger charge is 2.33. The molecule has 0 spiro atoms. The van der Waals surface area contributed by atoms with Crippen LogP contribution in [0.1, 0.15) is 28.1 Å². The lowest BCUT2D eigenvalue weighted by atomic mass is 10.2. The molecule has 0 unspecified atom stereocenters. The number of methoxy groups -OCH3 is 1. The van der Waals surface area contributed by atoms with Crippen LogP contribution in [-0.2, 0) is 16.1 Å². The van der Waals surface area contributed by atoms with Crippen molar-refractivity contribution in [1.82, 2.24) is 9.80 Å². The van der Waals surface area contributed by atoms with Crippen LogP contribution in [0.4, 0.5) is 0 Å². The minimum absolute atomic E-state index is 0.0600. The first-order valence-electron chi connectivity index (χ1n) is 9.97. The molecule has 1 aromatic heterocycles. The molecule has 2 aliphatic rings. The molecule has 2 heterocycles. The summed E-state index contributed by atoms with van der Waals surface area (Å²) in [4.78, 5) is 30.0. The summed E-state index contributed by atoms with van der Waals surface area (Å²) in [5.41, 5.74) is 0.997. The van der Waals surface area contributed by atoms with Crippen LogP contribution in [0.15, 0.2) is 41.8 Å². The Morgan fingerprint density at radius 3 is 2.79 bits per heavy atom. The first-order chi connectivity index (χ1) is 14.1. The van der Waals surface area contributed by atoms with Gasteiger partial charge in [-0.2, -0.15) is 0 Å². The van der Waals surface area contributed by atoms with Gasteiger partial charge in [0.2, 0.25) is 5.91 Å². The van der Waals surface area contributed by atoms with Gasteiger partial charge in [-0.1, -0.05) is 18.2 Å². The topological polar surface area (TPSA) is 59.1 Å². The van der Waals surface area contributed by atoms with E-state index in [0.717, 1.165) is 11.3 Å². The van der Waals surface area contributed by atoms with E-state index in [1.807, 2.05) is 35.7 Å². The van der Waals surface area contributed by atoms with E-state index in [0.29, 0.717) is 37.0 Å². The van der Waals surface area contributed by atoms with Gasteiger partial charge in [-0.05, 0) is 47.9 Å². The van der Waals surface area contributed by atoms with Crippen LogP contribution in [-0.4, -0.2) is 61.1 Å². The Morgan fingerprint density at radius 2 is 2.07 bits per heavy atom. The van der Waals surface area contributed by atoms with Crippen LogP contribution in [0, 0.1) is 5.92 Å². The first-order valence-corrected chi connectivity index (χ1v) is 10.9. The number of carbonyl (C=O) groups is 2. The standard InChI is InChI=1S/C22H26N2O4S/c1-27-18-5-2-4-17(10-18)11-23-12-19(28-15-16-7-8-16)13-24(14-21(23)25)22(26)20-6-3-9-29-20/h2-6,9-10,16,19H,7-8,11-15H2,1H3/t19-/m0/s1. The number of rotatable bonds is 7. The maximum Gasteiger partial charge on any atom is 0.264 e. The molecule has 1 aromatic carbocycles. The normalized spacial score (nSPS) is 19.9. The predicted molar refractivity (Wildman–Crippen MR) is 111 cm³/mol. The smallest absolute Gasteiger partial charge is 0.264 e. The van der Waals surface area contributed by atoms with Crippen molar-refractivity contribution in [2.24, 2.45) is 5.92 Å². The number of ether oxygens (including phenoxy) is 2. The summed E-state index contributed by atoms with van der Waals surface area (Å²) in [6.07, 6.45) is 2.23. The molecule has 6 nitrogen and oxygen atoms in total. The highest BCUT2D eigenvalue weighted by molar-refractivity contribution is 7.12. The van der Waals surface area contributed by atoms with E-state index in [9.17, 15) is 9.59 Å². The third-order valence-electron chi connectivity index (χ3n) is 5.32. The molecule has 2 fully saturated rings. The van der Waals surface area contributed by atoms with Crippen molar-refractivity contribution in [2.75, 3.05) is 33.4 Å². The lowest BCUT2D eigenvalue weighted by molar-refractivity contribution is -0.132. The minimum atomic E-state index is -0.184. The average Bonchev–Trinajstić information content (AvgIpc) is 3.43. The summed E-state index contributed by atoms with van der Waals surface area (Å²) in [5, 5.41) is 1.88. The molecule has 2 aromatic rings. The molecule has 29 heavy (non-hydrogen) atoms. The molecule has 0 bridgehead atoms. The van der Waals surface area contributed by atoms with Gasteiger partial charge in [0.1, 0.15) is 12.3 Å². The maximum atomic E-state index is 13.0. The van der Waals surface area contributed by atoms with Gasteiger partial charge in [0.15, 0.2) is 0 Å². The van der Waals surface area contributed by atoms with Crippen LogP contribution in [0.5, 0.6) is 5.75 Å². The third kappa shape index (κ3) is 5.16. The van der Waals surface area contributed by atoms with Gasteiger partial charge in [0.25, 0.3) is 5.91 Å². The highest BCUT2D eigenvalue weighted by Crippen LogP contribution is 2.29. The van der Waals surface area contributed by atoms with Gasteiger partial charge in [-0.3, -0.25) is 9.59 Å². The summed E-state index contributed by atoms with van der Waals surface area (Å²) in [6, 6.07) is 11.4. The SMILES string of the molecule is COc1cccc(CN2C[C@H](OCC3CC3)CN(C(=O)c3cccs3)CC2=O)c1. The molecule has 0 N–H and O–H groups in total. The fourth-order valence-electron chi connectivity index (χ4n) is 3.50. The summed E-state index contributed by atoms with van der Waals surface area (Å²) >= 11 is 1.40. The molecule has 1 aliphatic heterocycles. The Morgan fingerprint density at radius 1 is 1.21 bits per heavy atom. The van der Waals surface area contributed by atoms with E-state index < -0.39 is 0 Å². The quantitative estimate of drug-likeness (QED) is 0.699. The summed E-state index contributed by atoms with van der Waals surface area (Å²) in [5.74, 6) is 1.23. The largest absolute Gasteiger partial charge is 0.497 e. The summed E-state index contributed by atoms with van der Waals surface area (Å²) < 4.78 is 11.4. The van der Waals surface area contributed by atoms with Crippen LogP contribution in [0.25, 0.3) is 0 Å². The van der Waals surface area contributed by atoms with Crippen LogP contribution < -0.4 is 4.74 Å². The Kier molecular flexibility index (Phi) is 6.16. The van der Waals surface area contributed by atoms with Gasteiger partial charge in [-0.15, -0.1) is 11.3 Å². The Hall–Kier alpha value is -2.38. The zero-order chi connectivity index (χ0) is 20.2. The van der Waals surface area contributed by atoms with Gasteiger partial charge < -0.3 is 19.3 Å². The van der Waals surface area contributed by atoms with Crippen molar-refractivity contribution in [1.29, 1.82) is 0 Å². The van der Waals surface area contributed by atoms with Crippen molar-refractivity contribution in [3.63, 3.8) is 0 Å². The molecule has 1 saturated heterocycles. The monoisotopic (exact) mass is 414 g/mol. The van der Waals surface area contributed by atoms with Gasteiger partial charge in [0.05, 0.1) is 18.1 Å². The molecule has 2 amide bonds. The van der Waals surface area contributed by atoms with Gasteiger partial charge >= 0.3 is 0 Å². The van der Waals surface area contributed by atoms with Crippen molar-refractivity contribution in [3.05, 3.63) is 52.2 Å². The van der Waals surface area contributed by atoms with Gasteiger partial charge in [-0.25, -0.2) is 0 Å². The number of thiophene rings is 1. The average molecular weight is 415 g/mol. The van der Waals surface area contributed by atoms with Gasteiger partial charge in [0, 0.05) is 26.2 Å². The van der Waals surface area contributed by atoms with E-state index in [1.165, 1.54) is 24.2 Å². The van der Waals surface area contributed by atoms with Crippen LogP contribution >= 0.6 is 11.3 Å². The molecule has 1 saturated carbocycles. The Bertz CT molecular complexity index is 850. The number of hydrogen-bond donors (Lipinski definition) is 0. The van der Waals surface area contributed by atoms with Crippen molar-refractivity contribution in [3.8, 4) is 5.75 Å². The molecule has 154 valence electrons. The van der Waals surface area contributed by atoms with Crippen LogP contribution in [0.2, 0.25) is 0 Å². The minimum Gasteiger partial charge on any atom is -0.497 e. The number of amides is 2. The molecule has 7 heteroatoms. The number of carbonyl (C=O) groups excluding carboxylic acids is 2. The van der Waals surface area contributed by atoms with E-state index in [-0.39, 0.29) is 24.5 Å². The fraction of sp³-hybridized carbons (Fsp3) is 0.455. The third-order valence-corrected chi connectivity index (χ3v) is 6.18. The predicted octanol–water partition coefficient (Wildman–Crippen LogP) is 3.04. The molecular weight excluding hydrogens is 388 g/mol. The first kappa shape index (κ1) is 19.9. The second-order valence-corrected chi connectivity index (χ2v) is 8.64. The number of benzene rings is 1. The fourth-order valence-corrected chi connectivity index (χ4v) is 4.19.